The van der Waals surface area contributed by atoms with Gasteiger partial charge in [0.05, 0.1) is 0 Å². The molecule has 2 nitrogen and oxygen atoms in total. The fourth-order valence-electron chi connectivity index (χ4n) is 2.47. The van der Waals surface area contributed by atoms with E-state index in [0.717, 1.165) is 24.3 Å². The first kappa shape index (κ1) is 12.7. The Bertz CT molecular complexity index is 714. The van der Waals surface area contributed by atoms with E-state index in [1.54, 1.807) is 0 Å². The smallest absolute Gasteiger partial charge is 0.0359 e. The first-order valence-corrected chi connectivity index (χ1v) is 6.85. The van der Waals surface area contributed by atoms with E-state index in [4.69, 9.17) is 5.73 Å². The number of benzene rings is 3. The lowest BCUT2D eigenvalue weighted by atomic mass is 10.0. The van der Waals surface area contributed by atoms with E-state index in [1.165, 1.54) is 16.3 Å². The third-order valence-electron chi connectivity index (χ3n) is 3.57. The number of para-hydroxylation sites is 1. The van der Waals surface area contributed by atoms with Gasteiger partial charge in [-0.05, 0) is 28.0 Å². The second-order valence-corrected chi connectivity index (χ2v) is 4.94. The average molecular weight is 262 g/mol. The molecule has 3 N–H and O–H groups in total. The zero-order valence-corrected chi connectivity index (χ0v) is 11.3. The van der Waals surface area contributed by atoms with Crippen LogP contribution in [0, 0.1) is 0 Å². The molecule has 0 amide bonds. The molecule has 0 aliphatic carbocycles. The fourth-order valence-corrected chi connectivity index (χ4v) is 2.47. The molecule has 2 heteroatoms. The summed E-state index contributed by atoms with van der Waals surface area (Å²) in [6, 6.07) is 22.9. The van der Waals surface area contributed by atoms with E-state index < -0.39 is 0 Å². The highest BCUT2D eigenvalue weighted by molar-refractivity contribution is 5.85. The van der Waals surface area contributed by atoms with Crippen molar-refractivity contribution in [2.75, 3.05) is 5.73 Å². The van der Waals surface area contributed by atoms with Gasteiger partial charge in [-0.25, -0.2) is 0 Å². The number of hydrogen-bond acceptors (Lipinski definition) is 2. The van der Waals surface area contributed by atoms with Gasteiger partial charge >= 0.3 is 0 Å². The minimum Gasteiger partial charge on any atom is -0.398 e. The summed E-state index contributed by atoms with van der Waals surface area (Å²) in [7, 11) is 0. The Labute approximate surface area is 119 Å². The summed E-state index contributed by atoms with van der Waals surface area (Å²) in [6.07, 6.45) is 0. The zero-order valence-electron chi connectivity index (χ0n) is 11.3. The summed E-state index contributed by atoms with van der Waals surface area (Å²) in [4.78, 5) is 0. The van der Waals surface area contributed by atoms with Crippen LogP contribution < -0.4 is 11.1 Å². The van der Waals surface area contributed by atoms with Crippen molar-refractivity contribution < 1.29 is 0 Å². The average Bonchev–Trinajstić information content (AvgIpc) is 2.49. The summed E-state index contributed by atoms with van der Waals surface area (Å²) in [5.41, 5.74) is 9.26. The molecule has 0 aliphatic heterocycles. The van der Waals surface area contributed by atoms with E-state index in [9.17, 15) is 0 Å². The van der Waals surface area contributed by atoms with Gasteiger partial charge in [-0.15, -0.1) is 0 Å². The second-order valence-electron chi connectivity index (χ2n) is 4.94. The number of nitrogen functional groups attached to an aromatic ring is 1. The van der Waals surface area contributed by atoms with Gasteiger partial charge in [0.25, 0.3) is 0 Å². The molecular formula is C18H18N2. The Hall–Kier alpha value is -2.32. The van der Waals surface area contributed by atoms with Crippen LogP contribution in [0.1, 0.15) is 11.1 Å². The fraction of sp³-hybridized carbons (Fsp3) is 0.111. The molecule has 20 heavy (non-hydrogen) atoms. The van der Waals surface area contributed by atoms with E-state index in [0.29, 0.717) is 0 Å². The van der Waals surface area contributed by atoms with E-state index in [1.807, 2.05) is 18.2 Å². The monoisotopic (exact) mass is 262 g/mol. The Morgan fingerprint density at radius 2 is 1.35 bits per heavy atom. The maximum atomic E-state index is 5.95. The predicted octanol–water partition coefficient (Wildman–Crippen LogP) is 3.71. The van der Waals surface area contributed by atoms with Crippen molar-refractivity contribution in [1.29, 1.82) is 0 Å². The molecule has 0 aromatic heterocycles. The van der Waals surface area contributed by atoms with E-state index in [2.05, 4.69) is 53.8 Å². The van der Waals surface area contributed by atoms with Gasteiger partial charge in [0, 0.05) is 18.8 Å². The Kier molecular flexibility index (Phi) is 3.66. The zero-order chi connectivity index (χ0) is 13.8. The first-order valence-electron chi connectivity index (χ1n) is 6.85. The molecule has 0 saturated heterocycles. The van der Waals surface area contributed by atoms with Crippen LogP contribution in [0.25, 0.3) is 10.8 Å². The molecule has 0 fully saturated rings. The highest BCUT2D eigenvalue weighted by Crippen LogP contribution is 2.18. The normalized spacial score (nSPS) is 10.8. The molecule has 3 rings (SSSR count). The maximum Gasteiger partial charge on any atom is 0.0359 e. The number of hydrogen-bond donors (Lipinski definition) is 2. The van der Waals surface area contributed by atoms with Crippen molar-refractivity contribution in [3.8, 4) is 0 Å². The highest BCUT2D eigenvalue weighted by Gasteiger charge is 2.01. The summed E-state index contributed by atoms with van der Waals surface area (Å²) in [5, 5.41) is 6.06. The number of nitrogens with one attached hydrogen (secondary N) is 1. The van der Waals surface area contributed by atoms with Gasteiger partial charge < -0.3 is 11.1 Å². The Balaban J connectivity index is 1.73. The van der Waals surface area contributed by atoms with Gasteiger partial charge in [0.15, 0.2) is 0 Å². The number of anilines is 1. The van der Waals surface area contributed by atoms with Crippen molar-refractivity contribution in [2.45, 2.75) is 13.1 Å². The number of fused-ring (bicyclic) bond motifs is 1. The third-order valence-corrected chi connectivity index (χ3v) is 3.57. The predicted molar refractivity (Wildman–Crippen MR) is 85.3 cm³/mol. The lowest BCUT2D eigenvalue weighted by Crippen LogP contribution is -2.14. The van der Waals surface area contributed by atoms with Gasteiger partial charge in [-0.3, -0.25) is 0 Å². The van der Waals surface area contributed by atoms with Gasteiger partial charge in [0.2, 0.25) is 0 Å². The molecular weight excluding hydrogens is 244 g/mol. The first-order chi connectivity index (χ1) is 9.84. The molecule has 0 unspecified atom stereocenters. The van der Waals surface area contributed by atoms with Crippen molar-refractivity contribution in [3.63, 3.8) is 0 Å². The van der Waals surface area contributed by atoms with Crippen molar-refractivity contribution in [2.24, 2.45) is 0 Å². The molecule has 3 aromatic rings. The topological polar surface area (TPSA) is 38.0 Å². The summed E-state index contributed by atoms with van der Waals surface area (Å²) >= 11 is 0. The second kappa shape index (κ2) is 5.76. The molecule has 0 heterocycles. The summed E-state index contributed by atoms with van der Waals surface area (Å²) < 4.78 is 0. The number of rotatable bonds is 4. The molecule has 0 spiro atoms. The Morgan fingerprint density at radius 3 is 2.25 bits per heavy atom. The van der Waals surface area contributed by atoms with Crippen LogP contribution in [-0.2, 0) is 13.1 Å². The molecule has 0 atom stereocenters. The molecule has 0 aliphatic rings. The maximum absolute atomic E-state index is 5.95. The van der Waals surface area contributed by atoms with Gasteiger partial charge in [-0.2, -0.15) is 0 Å². The highest BCUT2D eigenvalue weighted by atomic mass is 14.9. The van der Waals surface area contributed by atoms with Crippen molar-refractivity contribution in [1.82, 2.24) is 5.32 Å². The third kappa shape index (κ3) is 2.65. The van der Waals surface area contributed by atoms with E-state index in [-0.39, 0.29) is 0 Å². The lowest BCUT2D eigenvalue weighted by Gasteiger charge is -2.09. The van der Waals surface area contributed by atoms with Gasteiger partial charge in [0.1, 0.15) is 0 Å². The quantitative estimate of drug-likeness (QED) is 0.703. The van der Waals surface area contributed by atoms with Crippen LogP contribution in [0.3, 0.4) is 0 Å². The Morgan fingerprint density at radius 1 is 0.700 bits per heavy atom. The van der Waals surface area contributed by atoms with Crippen LogP contribution in [0.5, 0.6) is 0 Å². The van der Waals surface area contributed by atoms with Gasteiger partial charge in [-0.1, -0.05) is 60.7 Å². The van der Waals surface area contributed by atoms with Crippen LogP contribution in [-0.4, -0.2) is 0 Å². The molecule has 0 bridgehead atoms. The molecule has 3 aromatic carbocycles. The SMILES string of the molecule is Nc1ccccc1CNCc1cccc2ccccc12. The standard InChI is InChI=1S/C18H18N2/c19-18-11-4-2-7-16(18)13-20-12-15-9-5-8-14-6-1-3-10-17(14)15/h1-11,20H,12-13,19H2. The van der Waals surface area contributed by atoms with Crippen LogP contribution >= 0.6 is 0 Å². The molecule has 0 saturated carbocycles. The summed E-state index contributed by atoms with van der Waals surface area (Å²) in [6.45, 7) is 1.63. The number of nitrogens with two attached hydrogens (primary N) is 1. The minimum atomic E-state index is 0.788. The van der Waals surface area contributed by atoms with Crippen LogP contribution in [0.4, 0.5) is 5.69 Å². The van der Waals surface area contributed by atoms with Crippen molar-refractivity contribution >= 4 is 16.5 Å². The molecule has 100 valence electrons. The lowest BCUT2D eigenvalue weighted by molar-refractivity contribution is 0.698. The van der Waals surface area contributed by atoms with E-state index >= 15 is 0 Å². The minimum absolute atomic E-state index is 0.788. The summed E-state index contributed by atoms with van der Waals surface area (Å²) in [5.74, 6) is 0. The van der Waals surface area contributed by atoms with Crippen LogP contribution in [0.2, 0.25) is 0 Å². The van der Waals surface area contributed by atoms with Crippen LogP contribution in [0.15, 0.2) is 66.7 Å². The largest absolute Gasteiger partial charge is 0.398 e. The van der Waals surface area contributed by atoms with Crippen molar-refractivity contribution in [3.05, 3.63) is 77.9 Å². The molecule has 0 radical (unpaired) electrons.